The minimum Gasteiger partial charge on any atom is -0.496 e. The predicted octanol–water partition coefficient (Wildman–Crippen LogP) is 3.66. The van der Waals surface area contributed by atoms with Crippen LogP contribution in [-0.4, -0.2) is 29.2 Å². The molecule has 0 bridgehead atoms. The van der Waals surface area contributed by atoms with Crippen LogP contribution in [0.2, 0.25) is 0 Å². The van der Waals surface area contributed by atoms with Crippen molar-refractivity contribution in [3.05, 3.63) is 36.1 Å². The van der Waals surface area contributed by atoms with E-state index in [1.54, 1.807) is 24.3 Å². The molecule has 0 saturated carbocycles. The Hall–Kier alpha value is -2.87. The number of amides is 1. The van der Waals surface area contributed by atoms with E-state index in [4.69, 9.17) is 26.5 Å². The molecule has 0 unspecified atom stereocenters. The number of hydrogen-bond donors (Lipinski definition) is 3. The topological polar surface area (TPSA) is 101 Å². The molecule has 2 rings (SSSR count). The summed E-state index contributed by atoms with van der Waals surface area (Å²) in [6.07, 6.45) is 2.14. The van der Waals surface area contributed by atoms with Gasteiger partial charge in [-0.15, -0.1) is 0 Å². The van der Waals surface area contributed by atoms with Crippen molar-refractivity contribution in [2.24, 2.45) is 0 Å². The fraction of sp³-hybridized carbons (Fsp3) is 0.278. The summed E-state index contributed by atoms with van der Waals surface area (Å²) >= 11 is 5.15. The molecule has 1 aromatic heterocycles. The molecule has 26 heavy (non-hydrogen) atoms. The minimum atomic E-state index is -1.15. The molecule has 3 N–H and O–H groups in total. The monoisotopic (exact) mass is 376 g/mol. The minimum absolute atomic E-state index is 0.143. The van der Waals surface area contributed by atoms with Gasteiger partial charge in [-0.1, -0.05) is 13.3 Å². The molecule has 1 aromatic carbocycles. The number of carboxylic acid groups (broad SMARTS) is 1. The molecule has 0 aliphatic carbocycles. The van der Waals surface area contributed by atoms with E-state index in [-0.39, 0.29) is 16.8 Å². The first-order chi connectivity index (χ1) is 12.4. The van der Waals surface area contributed by atoms with Gasteiger partial charge in [0.1, 0.15) is 11.5 Å². The second-order valence-electron chi connectivity index (χ2n) is 5.49. The van der Waals surface area contributed by atoms with Crippen LogP contribution in [0, 0.1) is 0 Å². The molecular formula is C18H20N2O5S. The number of rotatable bonds is 7. The van der Waals surface area contributed by atoms with Crippen LogP contribution in [0.15, 0.2) is 34.7 Å². The Balaban J connectivity index is 2.16. The third-order valence-corrected chi connectivity index (χ3v) is 3.75. The third-order valence-electron chi connectivity index (χ3n) is 3.55. The Morgan fingerprint density at radius 1 is 1.27 bits per heavy atom. The van der Waals surface area contributed by atoms with Crippen LogP contribution in [0.1, 0.15) is 36.7 Å². The maximum atomic E-state index is 11.7. The molecule has 138 valence electrons. The first kappa shape index (κ1) is 19.5. The van der Waals surface area contributed by atoms with Crippen LogP contribution in [0.5, 0.6) is 5.75 Å². The van der Waals surface area contributed by atoms with Crippen molar-refractivity contribution in [2.75, 3.05) is 12.4 Å². The molecular weight excluding hydrogens is 356 g/mol. The van der Waals surface area contributed by atoms with E-state index in [2.05, 4.69) is 10.6 Å². The summed E-state index contributed by atoms with van der Waals surface area (Å²) < 4.78 is 10.6. The average Bonchev–Trinajstić information content (AvgIpc) is 3.10. The van der Waals surface area contributed by atoms with Gasteiger partial charge in [-0.25, -0.2) is 4.79 Å². The Bertz CT molecular complexity index is 816. The molecule has 7 nitrogen and oxygen atoms in total. The number of carbonyl (C=O) groups is 2. The Kier molecular flexibility index (Phi) is 6.74. The van der Waals surface area contributed by atoms with Crippen molar-refractivity contribution in [1.82, 2.24) is 5.32 Å². The number of benzene rings is 1. The van der Waals surface area contributed by atoms with Crippen LogP contribution < -0.4 is 15.4 Å². The largest absolute Gasteiger partial charge is 0.496 e. The second-order valence-corrected chi connectivity index (χ2v) is 5.90. The van der Waals surface area contributed by atoms with Gasteiger partial charge in [-0.05, 0) is 49.0 Å². The summed E-state index contributed by atoms with van der Waals surface area (Å²) in [5, 5.41) is 14.7. The van der Waals surface area contributed by atoms with Gasteiger partial charge in [-0.3, -0.25) is 4.79 Å². The van der Waals surface area contributed by atoms with Gasteiger partial charge in [0.05, 0.1) is 12.7 Å². The molecule has 0 saturated heterocycles. The fourth-order valence-electron chi connectivity index (χ4n) is 2.26. The van der Waals surface area contributed by atoms with Crippen molar-refractivity contribution in [1.29, 1.82) is 0 Å². The number of thiocarbonyl (C=S) groups is 1. The lowest BCUT2D eigenvalue weighted by molar-refractivity contribution is -0.119. The summed E-state index contributed by atoms with van der Waals surface area (Å²) in [5.74, 6) is -0.602. The number of furan rings is 1. The lowest BCUT2D eigenvalue weighted by Gasteiger charge is -2.12. The Morgan fingerprint density at radius 2 is 2.04 bits per heavy atom. The molecule has 1 heterocycles. The number of methoxy groups -OCH3 is 1. The van der Waals surface area contributed by atoms with Gasteiger partial charge in [-0.2, -0.15) is 0 Å². The maximum absolute atomic E-state index is 11.7. The Labute approximate surface area is 156 Å². The molecule has 2 aromatic rings. The Morgan fingerprint density at radius 3 is 2.65 bits per heavy atom. The second kappa shape index (κ2) is 9.00. The first-order valence-corrected chi connectivity index (χ1v) is 8.47. The van der Waals surface area contributed by atoms with Crippen molar-refractivity contribution in [3.63, 3.8) is 0 Å². The number of hydrogen-bond acceptors (Lipinski definition) is 5. The van der Waals surface area contributed by atoms with E-state index in [1.807, 2.05) is 6.92 Å². The van der Waals surface area contributed by atoms with Crippen molar-refractivity contribution < 1.29 is 23.8 Å². The highest BCUT2D eigenvalue weighted by molar-refractivity contribution is 7.80. The van der Waals surface area contributed by atoms with E-state index in [0.717, 1.165) is 12.8 Å². The van der Waals surface area contributed by atoms with Crippen molar-refractivity contribution in [3.8, 4) is 17.1 Å². The van der Waals surface area contributed by atoms with Gasteiger partial charge in [0.15, 0.2) is 5.11 Å². The molecule has 0 aliphatic heterocycles. The lowest BCUT2D eigenvalue weighted by Crippen LogP contribution is -2.33. The highest BCUT2D eigenvalue weighted by Gasteiger charge is 2.15. The normalized spacial score (nSPS) is 10.2. The smallest absolute Gasteiger partial charge is 0.371 e. The molecule has 0 radical (unpaired) electrons. The maximum Gasteiger partial charge on any atom is 0.371 e. The number of nitrogens with one attached hydrogen (secondary N) is 2. The van der Waals surface area contributed by atoms with Crippen molar-refractivity contribution >= 4 is 34.9 Å². The number of aromatic carboxylic acids is 1. The predicted molar refractivity (Wildman–Crippen MR) is 102 cm³/mol. The molecule has 1 amide bonds. The summed E-state index contributed by atoms with van der Waals surface area (Å²) in [5.41, 5.74) is 1.17. The number of ether oxygens (including phenoxy) is 1. The van der Waals surface area contributed by atoms with E-state index in [1.165, 1.54) is 13.2 Å². The molecule has 0 spiro atoms. The highest BCUT2D eigenvalue weighted by Crippen LogP contribution is 2.33. The summed E-state index contributed by atoms with van der Waals surface area (Å²) in [6.45, 7) is 2.01. The SMILES string of the molecule is CCCCC(=O)NC(=S)Nc1ccc(OC)c(-c2ccc(C(=O)O)o2)c1. The van der Waals surface area contributed by atoms with Gasteiger partial charge in [0, 0.05) is 12.1 Å². The van der Waals surface area contributed by atoms with Gasteiger partial charge in [0.2, 0.25) is 11.7 Å². The van der Waals surface area contributed by atoms with Gasteiger partial charge in [0.25, 0.3) is 0 Å². The standard InChI is InChI=1S/C18H20N2O5S/c1-3-4-5-16(21)20-18(26)19-11-6-7-13(24-2)12(10-11)14-8-9-15(25-14)17(22)23/h6-10H,3-5H2,1-2H3,(H,22,23)(H2,19,20,21,26). The fourth-order valence-corrected chi connectivity index (χ4v) is 2.50. The van der Waals surface area contributed by atoms with Crippen LogP contribution >= 0.6 is 12.2 Å². The summed E-state index contributed by atoms with van der Waals surface area (Å²) in [7, 11) is 1.51. The van der Waals surface area contributed by atoms with Gasteiger partial charge < -0.3 is 24.9 Å². The molecule has 0 atom stereocenters. The third kappa shape index (κ3) is 5.06. The highest BCUT2D eigenvalue weighted by atomic mass is 32.1. The zero-order chi connectivity index (χ0) is 19.1. The average molecular weight is 376 g/mol. The van der Waals surface area contributed by atoms with Gasteiger partial charge >= 0.3 is 5.97 Å². The lowest BCUT2D eigenvalue weighted by atomic mass is 10.1. The van der Waals surface area contributed by atoms with Crippen molar-refractivity contribution in [2.45, 2.75) is 26.2 Å². The van der Waals surface area contributed by atoms with E-state index >= 15 is 0 Å². The number of anilines is 1. The molecule has 8 heteroatoms. The van der Waals surface area contributed by atoms with Crippen LogP contribution in [0.3, 0.4) is 0 Å². The zero-order valence-corrected chi connectivity index (χ0v) is 15.3. The van der Waals surface area contributed by atoms with E-state index in [9.17, 15) is 9.59 Å². The van der Waals surface area contributed by atoms with Crippen LogP contribution in [0.25, 0.3) is 11.3 Å². The van der Waals surface area contributed by atoms with Crippen LogP contribution in [0.4, 0.5) is 5.69 Å². The summed E-state index contributed by atoms with van der Waals surface area (Å²) in [4.78, 5) is 22.7. The van der Waals surface area contributed by atoms with Crippen LogP contribution in [-0.2, 0) is 4.79 Å². The molecule has 0 aliphatic rings. The van der Waals surface area contributed by atoms with E-state index < -0.39 is 5.97 Å². The summed E-state index contributed by atoms with van der Waals surface area (Å²) in [6, 6.07) is 8.05. The quantitative estimate of drug-likeness (QED) is 0.634. The number of carbonyl (C=O) groups excluding carboxylic acids is 1. The number of carboxylic acids is 1. The molecule has 0 fully saturated rings. The first-order valence-electron chi connectivity index (χ1n) is 8.07. The zero-order valence-electron chi connectivity index (χ0n) is 14.5. The van der Waals surface area contributed by atoms with E-state index in [0.29, 0.717) is 29.2 Å². The number of unbranched alkanes of at least 4 members (excludes halogenated alkanes) is 1.